The second-order valence-electron chi connectivity index (χ2n) is 5.99. The molecule has 1 fully saturated rings. The number of hydrogen-bond acceptors (Lipinski definition) is 3. The van der Waals surface area contributed by atoms with Gasteiger partial charge in [-0.1, -0.05) is 32.0 Å². The van der Waals surface area contributed by atoms with E-state index in [-0.39, 0.29) is 11.8 Å². The fraction of sp³-hybridized carbons (Fsp3) is 0.556. The van der Waals surface area contributed by atoms with Crippen molar-refractivity contribution in [2.45, 2.75) is 33.6 Å². The third kappa shape index (κ3) is 4.55. The molecule has 1 aliphatic heterocycles. The highest BCUT2D eigenvalue weighted by Gasteiger charge is 2.20. The molecule has 0 atom stereocenters. The molecule has 0 saturated carbocycles. The number of piperazine rings is 1. The molecule has 0 aliphatic carbocycles. The van der Waals surface area contributed by atoms with E-state index in [1.165, 1.54) is 11.1 Å². The van der Waals surface area contributed by atoms with E-state index >= 15 is 0 Å². The number of aryl methyl sites for hydroxylation is 2. The zero-order valence-corrected chi connectivity index (χ0v) is 14.4. The number of para-hydroxylation sites is 1. The first kappa shape index (κ1) is 17.5. The van der Waals surface area contributed by atoms with Crippen LogP contribution in [-0.2, 0) is 22.4 Å². The number of nitrogens with one attached hydrogen (secondary N) is 1. The number of carbonyl (C=O) groups is 2. The van der Waals surface area contributed by atoms with Gasteiger partial charge in [0.25, 0.3) is 0 Å². The summed E-state index contributed by atoms with van der Waals surface area (Å²) < 4.78 is 0. The fourth-order valence-electron chi connectivity index (χ4n) is 3.01. The molecule has 1 N–H and O–H groups in total. The second-order valence-corrected chi connectivity index (χ2v) is 5.99. The van der Waals surface area contributed by atoms with Crippen molar-refractivity contribution in [1.82, 2.24) is 9.80 Å². The van der Waals surface area contributed by atoms with Crippen molar-refractivity contribution in [3.8, 4) is 0 Å². The van der Waals surface area contributed by atoms with Crippen LogP contribution in [0.1, 0.15) is 31.9 Å². The van der Waals surface area contributed by atoms with E-state index in [0.29, 0.717) is 19.6 Å². The summed E-state index contributed by atoms with van der Waals surface area (Å²) in [5.74, 6) is 0.135. The first-order valence-electron chi connectivity index (χ1n) is 8.43. The molecule has 126 valence electrons. The Morgan fingerprint density at radius 2 is 1.61 bits per heavy atom. The van der Waals surface area contributed by atoms with Gasteiger partial charge in [0, 0.05) is 38.8 Å². The number of benzene rings is 1. The summed E-state index contributed by atoms with van der Waals surface area (Å²) in [5, 5.41) is 3.10. The predicted molar refractivity (Wildman–Crippen MR) is 92.5 cm³/mol. The van der Waals surface area contributed by atoms with Crippen LogP contribution < -0.4 is 5.32 Å². The van der Waals surface area contributed by atoms with Gasteiger partial charge in [-0.15, -0.1) is 0 Å². The summed E-state index contributed by atoms with van der Waals surface area (Å²) in [6.45, 7) is 9.09. The number of carbonyl (C=O) groups excluding carboxylic acids is 2. The maximum absolute atomic E-state index is 12.4. The Morgan fingerprint density at radius 1 is 1.04 bits per heavy atom. The van der Waals surface area contributed by atoms with E-state index in [2.05, 4.69) is 36.2 Å². The lowest BCUT2D eigenvalue weighted by molar-refractivity contribution is -0.130. The highest BCUT2D eigenvalue weighted by atomic mass is 16.2. The maximum Gasteiger partial charge on any atom is 0.238 e. The molecule has 1 heterocycles. The summed E-state index contributed by atoms with van der Waals surface area (Å²) in [7, 11) is 0. The minimum Gasteiger partial charge on any atom is -0.340 e. The number of anilines is 1. The van der Waals surface area contributed by atoms with Crippen molar-refractivity contribution in [3.05, 3.63) is 29.3 Å². The van der Waals surface area contributed by atoms with Gasteiger partial charge in [-0.3, -0.25) is 14.5 Å². The molecule has 1 aromatic carbocycles. The van der Waals surface area contributed by atoms with Crippen molar-refractivity contribution in [3.63, 3.8) is 0 Å². The Balaban J connectivity index is 1.94. The maximum atomic E-state index is 12.4. The molecule has 0 bridgehead atoms. The average molecular weight is 317 g/mol. The van der Waals surface area contributed by atoms with Crippen LogP contribution in [0.5, 0.6) is 0 Å². The smallest absolute Gasteiger partial charge is 0.238 e. The van der Waals surface area contributed by atoms with Gasteiger partial charge in [-0.05, 0) is 24.0 Å². The van der Waals surface area contributed by atoms with Crippen molar-refractivity contribution < 1.29 is 9.59 Å². The van der Waals surface area contributed by atoms with Crippen LogP contribution >= 0.6 is 0 Å². The van der Waals surface area contributed by atoms with Crippen LogP contribution in [0.15, 0.2) is 18.2 Å². The molecule has 0 spiro atoms. The van der Waals surface area contributed by atoms with Gasteiger partial charge in [0.15, 0.2) is 0 Å². The topological polar surface area (TPSA) is 52.7 Å². The third-order valence-electron chi connectivity index (χ3n) is 4.45. The molecule has 5 heteroatoms. The van der Waals surface area contributed by atoms with Gasteiger partial charge >= 0.3 is 0 Å². The molecule has 1 aliphatic rings. The molecule has 1 saturated heterocycles. The molecular formula is C18H27N3O2. The van der Waals surface area contributed by atoms with Crippen molar-refractivity contribution in [1.29, 1.82) is 0 Å². The minimum atomic E-state index is 0.0249. The van der Waals surface area contributed by atoms with Gasteiger partial charge < -0.3 is 10.2 Å². The van der Waals surface area contributed by atoms with E-state index in [1.54, 1.807) is 6.92 Å². The molecule has 2 rings (SSSR count). The number of amides is 2. The van der Waals surface area contributed by atoms with Crippen LogP contribution in [0.25, 0.3) is 0 Å². The largest absolute Gasteiger partial charge is 0.340 e. The Bertz CT molecular complexity index is 541. The Kier molecular flexibility index (Phi) is 6.16. The predicted octanol–water partition coefficient (Wildman–Crippen LogP) is 1.91. The summed E-state index contributed by atoms with van der Waals surface area (Å²) in [6.07, 6.45) is 1.81. The number of hydrogen-bond donors (Lipinski definition) is 1. The fourth-order valence-corrected chi connectivity index (χ4v) is 3.01. The second kappa shape index (κ2) is 8.11. The van der Waals surface area contributed by atoms with E-state index in [0.717, 1.165) is 31.6 Å². The summed E-state index contributed by atoms with van der Waals surface area (Å²) in [5.41, 5.74) is 3.34. The van der Waals surface area contributed by atoms with Gasteiger partial charge in [0.1, 0.15) is 0 Å². The zero-order valence-electron chi connectivity index (χ0n) is 14.4. The molecule has 5 nitrogen and oxygen atoms in total. The molecule has 2 amide bonds. The summed E-state index contributed by atoms with van der Waals surface area (Å²) in [6, 6.07) is 6.19. The molecule has 0 aromatic heterocycles. The van der Waals surface area contributed by atoms with Gasteiger partial charge in [0.05, 0.1) is 6.54 Å². The van der Waals surface area contributed by atoms with E-state index in [9.17, 15) is 9.59 Å². The first-order valence-corrected chi connectivity index (χ1v) is 8.43. The van der Waals surface area contributed by atoms with Crippen LogP contribution in [0.3, 0.4) is 0 Å². The van der Waals surface area contributed by atoms with Gasteiger partial charge in [-0.25, -0.2) is 0 Å². The molecular weight excluding hydrogens is 290 g/mol. The minimum absolute atomic E-state index is 0.0249. The lowest BCUT2D eigenvalue weighted by Gasteiger charge is -2.33. The van der Waals surface area contributed by atoms with E-state index < -0.39 is 0 Å². The van der Waals surface area contributed by atoms with Crippen molar-refractivity contribution in [2.24, 2.45) is 0 Å². The van der Waals surface area contributed by atoms with Crippen LogP contribution in [0, 0.1) is 0 Å². The number of rotatable bonds is 5. The lowest BCUT2D eigenvalue weighted by Crippen LogP contribution is -2.49. The Labute approximate surface area is 138 Å². The molecule has 0 unspecified atom stereocenters. The first-order chi connectivity index (χ1) is 11.0. The van der Waals surface area contributed by atoms with Gasteiger partial charge in [-0.2, -0.15) is 0 Å². The van der Waals surface area contributed by atoms with E-state index in [1.807, 2.05) is 11.0 Å². The molecule has 1 aromatic rings. The Morgan fingerprint density at radius 3 is 2.09 bits per heavy atom. The lowest BCUT2D eigenvalue weighted by atomic mass is 10.0. The highest BCUT2D eigenvalue weighted by molar-refractivity contribution is 5.93. The van der Waals surface area contributed by atoms with Crippen LogP contribution in [0.2, 0.25) is 0 Å². The quantitative estimate of drug-likeness (QED) is 0.902. The normalized spacial score (nSPS) is 15.5. The SMILES string of the molecule is CCc1cccc(CC)c1NC(=O)CN1CCN(C(C)=O)CC1. The monoisotopic (exact) mass is 317 g/mol. The average Bonchev–Trinajstić information content (AvgIpc) is 2.55. The van der Waals surface area contributed by atoms with Gasteiger partial charge in [0.2, 0.25) is 11.8 Å². The molecule has 0 radical (unpaired) electrons. The van der Waals surface area contributed by atoms with Crippen LogP contribution in [-0.4, -0.2) is 54.3 Å². The summed E-state index contributed by atoms with van der Waals surface area (Å²) in [4.78, 5) is 27.7. The standard InChI is InChI=1S/C18H27N3O2/c1-4-15-7-6-8-16(5-2)18(15)19-17(23)13-20-9-11-21(12-10-20)14(3)22/h6-8H,4-5,9-13H2,1-3H3,(H,19,23). The highest BCUT2D eigenvalue weighted by Crippen LogP contribution is 2.22. The number of nitrogens with zero attached hydrogens (tertiary/aromatic N) is 2. The van der Waals surface area contributed by atoms with Crippen LogP contribution in [0.4, 0.5) is 5.69 Å². The Hall–Kier alpha value is -1.88. The van der Waals surface area contributed by atoms with E-state index in [4.69, 9.17) is 0 Å². The van der Waals surface area contributed by atoms with Crippen molar-refractivity contribution >= 4 is 17.5 Å². The zero-order chi connectivity index (χ0) is 16.8. The van der Waals surface area contributed by atoms with Crippen molar-refractivity contribution in [2.75, 3.05) is 38.0 Å². The summed E-state index contributed by atoms with van der Waals surface area (Å²) >= 11 is 0. The third-order valence-corrected chi connectivity index (χ3v) is 4.45. The molecule has 23 heavy (non-hydrogen) atoms.